The number of likely N-dealkylation sites (tertiary alicyclic amines) is 1. The van der Waals surface area contributed by atoms with E-state index in [0.717, 1.165) is 18.4 Å². The van der Waals surface area contributed by atoms with Crippen LogP contribution < -0.4 is 15.4 Å². The maximum absolute atomic E-state index is 12.9. The zero-order valence-corrected chi connectivity index (χ0v) is 20.9. The van der Waals surface area contributed by atoms with Gasteiger partial charge in [0.2, 0.25) is 0 Å². The molecule has 3 amide bonds. The number of benzene rings is 2. The SMILES string of the molecule is Cc1ccccc1NS(=O)(=O)c1ccc(C(=O)N2CCC(NC(=O)NC3CCCCC3)CC2)cc1. The molecule has 35 heavy (non-hydrogen) atoms. The molecule has 1 heterocycles. The lowest BCUT2D eigenvalue weighted by Gasteiger charge is -2.33. The van der Waals surface area contributed by atoms with Gasteiger partial charge in [-0.3, -0.25) is 9.52 Å². The first-order chi connectivity index (χ1) is 16.8. The number of nitrogens with zero attached hydrogens (tertiary/aromatic N) is 1. The number of anilines is 1. The van der Waals surface area contributed by atoms with E-state index < -0.39 is 10.0 Å². The van der Waals surface area contributed by atoms with Crippen LogP contribution >= 0.6 is 0 Å². The van der Waals surface area contributed by atoms with E-state index in [9.17, 15) is 18.0 Å². The van der Waals surface area contributed by atoms with Crippen molar-refractivity contribution in [1.29, 1.82) is 0 Å². The lowest BCUT2D eigenvalue weighted by Crippen LogP contribution is -2.51. The van der Waals surface area contributed by atoms with Gasteiger partial charge in [-0.1, -0.05) is 37.5 Å². The van der Waals surface area contributed by atoms with Gasteiger partial charge in [0, 0.05) is 30.7 Å². The topological polar surface area (TPSA) is 108 Å². The summed E-state index contributed by atoms with van der Waals surface area (Å²) < 4.78 is 28.1. The molecular formula is C26H34N4O4S. The summed E-state index contributed by atoms with van der Waals surface area (Å²) in [5.74, 6) is -0.133. The third-order valence-corrected chi connectivity index (χ3v) is 8.24. The maximum atomic E-state index is 12.9. The average Bonchev–Trinajstić information content (AvgIpc) is 2.86. The number of hydrogen-bond acceptors (Lipinski definition) is 4. The number of rotatable bonds is 6. The molecule has 1 saturated carbocycles. The number of urea groups is 1. The summed E-state index contributed by atoms with van der Waals surface area (Å²) in [6, 6.07) is 13.4. The number of nitrogens with one attached hydrogen (secondary N) is 3. The molecule has 0 atom stereocenters. The van der Waals surface area contributed by atoms with E-state index in [1.165, 1.54) is 31.4 Å². The van der Waals surface area contributed by atoms with Crippen molar-refractivity contribution in [2.75, 3.05) is 17.8 Å². The van der Waals surface area contributed by atoms with Crippen LogP contribution in [0.15, 0.2) is 53.4 Å². The van der Waals surface area contributed by atoms with Gasteiger partial charge in [-0.25, -0.2) is 13.2 Å². The van der Waals surface area contributed by atoms with Gasteiger partial charge in [-0.05, 0) is 68.5 Å². The van der Waals surface area contributed by atoms with E-state index in [4.69, 9.17) is 0 Å². The van der Waals surface area contributed by atoms with Crippen LogP contribution in [-0.4, -0.2) is 50.4 Å². The summed E-state index contributed by atoms with van der Waals surface area (Å²) in [5, 5.41) is 6.13. The summed E-state index contributed by atoms with van der Waals surface area (Å²) in [5.41, 5.74) is 1.80. The highest BCUT2D eigenvalue weighted by Crippen LogP contribution is 2.21. The third kappa shape index (κ3) is 6.54. The predicted octanol–water partition coefficient (Wildman–Crippen LogP) is 4.03. The van der Waals surface area contributed by atoms with Crippen molar-refractivity contribution in [1.82, 2.24) is 15.5 Å². The molecule has 8 nitrogen and oxygen atoms in total. The Hall–Kier alpha value is -3.07. The Morgan fingerprint density at radius 2 is 1.43 bits per heavy atom. The van der Waals surface area contributed by atoms with Gasteiger partial charge in [0.1, 0.15) is 0 Å². The molecule has 2 aromatic rings. The first kappa shape index (κ1) is 25.0. The van der Waals surface area contributed by atoms with E-state index in [-0.39, 0.29) is 28.9 Å². The van der Waals surface area contributed by atoms with E-state index in [1.54, 1.807) is 29.2 Å². The van der Waals surface area contributed by atoms with E-state index >= 15 is 0 Å². The van der Waals surface area contributed by atoms with Crippen LogP contribution in [0.1, 0.15) is 60.9 Å². The smallest absolute Gasteiger partial charge is 0.315 e. The molecule has 0 spiro atoms. The first-order valence-electron chi connectivity index (χ1n) is 12.4. The highest BCUT2D eigenvalue weighted by molar-refractivity contribution is 7.92. The van der Waals surface area contributed by atoms with Crippen molar-refractivity contribution in [3.63, 3.8) is 0 Å². The monoisotopic (exact) mass is 498 g/mol. The van der Waals surface area contributed by atoms with Crippen LogP contribution in [0.3, 0.4) is 0 Å². The maximum Gasteiger partial charge on any atom is 0.315 e. The second kappa shape index (κ2) is 11.1. The number of carbonyl (C=O) groups is 2. The van der Waals surface area contributed by atoms with Crippen molar-refractivity contribution in [3.8, 4) is 0 Å². The summed E-state index contributed by atoms with van der Waals surface area (Å²) in [6.45, 7) is 2.92. The predicted molar refractivity (Wildman–Crippen MR) is 136 cm³/mol. The number of sulfonamides is 1. The van der Waals surface area contributed by atoms with Crippen molar-refractivity contribution in [2.45, 2.75) is 68.8 Å². The zero-order chi connectivity index (χ0) is 24.8. The molecule has 9 heteroatoms. The van der Waals surface area contributed by atoms with Gasteiger partial charge in [0.25, 0.3) is 15.9 Å². The van der Waals surface area contributed by atoms with E-state index in [2.05, 4.69) is 15.4 Å². The number of hydrogen-bond donors (Lipinski definition) is 3. The molecule has 4 rings (SSSR count). The molecule has 0 radical (unpaired) electrons. The largest absolute Gasteiger partial charge is 0.338 e. The summed E-state index contributed by atoms with van der Waals surface area (Å²) in [6.07, 6.45) is 7.05. The Bertz CT molecular complexity index is 1140. The van der Waals surface area contributed by atoms with Crippen molar-refractivity contribution >= 4 is 27.6 Å². The summed E-state index contributed by atoms with van der Waals surface area (Å²) in [4.78, 5) is 27.1. The minimum Gasteiger partial charge on any atom is -0.338 e. The van der Waals surface area contributed by atoms with Gasteiger partial charge in [-0.15, -0.1) is 0 Å². The fourth-order valence-corrected chi connectivity index (χ4v) is 5.87. The van der Waals surface area contributed by atoms with Crippen LogP contribution in [0.25, 0.3) is 0 Å². The lowest BCUT2D eigenvalue weighted by atomic mass is 9.96. The second-order valence-corrected chi connectivity index (χ2v) is 11.1. The highest BCUT2D eigenvalue weighted by atomic mass is 32.2. The molecule has 3 N–H and O–H groups in total. The number of aryl methyl sites for hydroxylation is 1. The van der Waals surface area contributed by atoms with Gasteiger partial charge in [0.05, 0.1) is 10.6 Å². The van der Waals surface area contributed by atoms with Crippen molar-refractivity contribution in [3.05, 3.63) is 59.7 Å². The molecule has 1 aliphatic heterocycles. The Balaban J connectivity index is 1.28. The molecule has 2 fully saturated rings. The number of para-hydroxylation sites is 1. The number of amides is 3. The average molecular weight is 499 g/mol. The van der Waals surface area contributed by atoms with Gasteiger partial charge in [-0.2, -0.15) is 0 Å². The van der Waals surface area contributed by atoms with Crippen molar-refractivity contribution < 1.29 is 18.0 Å². The summed E-state index contributed by atoms with van der Waals surface area (Å²) >= 11 is 0. The van der Waals surface area contributed by atoms with Crippen LogP contribution in [0.4, 0.5) is 10.5 Å². The standard InChI is InChI=1S/C26H34N4O4S/c1-19-7-5-6-10-24(19)29-35(33,34)23-13-11-20(12-14-23)25(31)30-17-15-22(16-18-30)28-26(32)27-21-8-3-2-4-9-21/h5-7,10-14,21-22,29H,2-4,8-9,15-18H2,1H3,(H2,27,28,32). The van der Waals surface area contributed by atoms with E-state index in [0.29, 0.717) is 37.2 Å². The minimum absolute atomic E-state index is 0.0441. The van der Waals surface area contributed by atoms with Crippen molar-refractivity contribution in [2.24, 2.45) is 0 Å². The normalized spacial score (nSPS) is 17.6. The molecule has 2 aliphatic rings. The zero-order valence-electron chi connectivity index (χ0n) is 20.1. The Morgan fingerprint density at radius 3 is 2.06 bits per heavy atom. The summed E-state index contributed by atoms with van der Waals surface area (Å²) in [7, 11) is -3.75. The molecular weight excluding hydrogens is 464 g/mol. The fraction of sp³-hybridized carbons (Fsp3) is 0.462. The second-order valence-electron chi connectivity index (χ2n) is 9.46. The van der Waals surface area contributed by atoms with Gasteiger partial charge >= 0.3 is 6.03 Å². The number of piperidine rings is 1. The minimum atomic E-state index is -3.75. The molecule has 0 unspecified atom stereocenters. The molecule has 1 saturated heterocycles. The lowest BCUT2D eigenvalue weighted by molar-refractivity contribution is 0.0708. The Labute approximate surface area is 207 Å². The van der Waals surface area contributed by atoms with Crippen LogP contribution in [0.5, 0.6) is 0 Å². The molecule has 0 aromatic heterocycles. The van der Waals surface area contributed by atoms with E-state index in [1.807, 2.05) is 19.1 Å². The highest BCUT2D eigenvalue weighted by Gasteiger charge is 2.26. The quantitative estimate of drug-likeness (QED) is 0.559. The Morgan fingerprint density at radius 1 is 0.829 bits per heavy atom. The first-order valence-corrected chi connectivity index (χ1v) is 13.8. The van der Waals surface area contributed by atoms with Gasteiger partial charge in [0.15, 0.2) is 0 Å². The molecule has 0 bridgehead atoms. The fourth-order valence-electron chi connectivity index (χ4n) is 4.74. The molecule has 2 aromatic carbocycles. The van der Waals surface area contributed by atoms with Crippen LogP contribution in [-0.2, 0) is 10.0 Å². The number of carbonyl (C=O) groups excluding carboxylic acids is 2. The Kier molecular flexibility index (Phi) is 7.95. The molecule has 1 aliphatic carbocycles. The van der Waals surface area contributed by atoms with Gasteiger partial charge < -0.3 is 15.5 Å². The van der Waals surface area contributed by atoms with Crippen LogP contribution in [0, 0.1) is 6.92 Å². The molecule has 188 valence electrons. The third-order valence-electron chi connectivity index (χ3n) is 6.86. The van der Waals surface area contributed by atoms with Crippen LogP contribution in [0.2, 0.25) is 0 Å².